The topological polar surface area (TPSA) is 20.2 Å². The van der Waals surface area contributed by atoms with Gasteiger partial charge < -0.3 is 5.11 Å². The van der Waals surface area contributed by atoms with Gasteiger partial charge in [0, 0.05) is 0 Å². The van der Waals surface area contributed by atoms with Crippen LogP contribution in [0.3, 0.4) is 0 Å². The monoisotopic (exact) mass is 222 g/mol. The first kappa shape index (κ1) is 11.1. The summed E-state index contributed by atoms with van der Waals surface area (Å²) in [7, 11) is 0. The molecule has 2 bridgehead atoms. The van der Waals surface area contributed by atoms with Crippen LogP contribution in [0, 0.1) is 35.0 Å². The molecule has 0 amide bonds. The molecule has 3 aliphatic carbocycles. The van der Waals surface area contributed by atoms with Crippen LogP contribution in [0.4, 0.5) is 0 Å². The number of fused-ring (bicyclic) bond motifs is 5. The Balaban J connectivity index is 1.53. The molecule has 0 radical (unpaired) electrons. The first-order valence-corrected chi connectivity index (χ1v) is 7.15. The summed E-state index contributed by atoms with van der Waals surface area (Å²) < 4.78 is 0. The highest BCUT2D eigenvalue weighted by Crippen LogP contribution is 2.70. The summed E-state index contributed by atoms with van der Waals surface area (Å²) in [4.78, 5) is 0. The predicted molar refractivity (Wildman–Crippen MR) is 66.0 cm³/mol. The van der Waals surface area contributed by atoms with E-state index < -0.39 is 0 Å². The fraction of sp³-hybridized carbons (Fsp3) is 1.00. The Morgan fingerprint density at radius 2 is 1.69 bits per heavy atom. The van der Waals surface area contributed by atoms with E-state index in [2.05, 4.69) is 20.8 Å². The van der Waals surface area contributed by atoms with Gasteiger partial charge in [0.25, 0.3) is 0 Å². The van der Waals surface area contributed by atoms with Gasteiger partial charge in [-0.3, -0.25) is 0 Å². The van der Waals surface area contributed by atoms with Crippen LogP contribution < -0.4 is 0 Å². The standard InChI is InChI=1S/C15H26O/c1-15(2,3)7-6-11(16)14-12-9-4-5-10(8-9)13(12)14/h9-14,16H,4-8H2,1-3H3. The van der Waals surface area contributed by atoms with Crippen molar-refractivity contribution in [1.82, 2.24) is 0 Å². The Morgan fingerprint density at radius 3 is 2.19 bits per heavy atom. The highest BCUT2D eigenvalue weighted by Gasteiger charge is 2.66. The van der Waals surface area contributed by atoms with E-state index in [9.17, 15) is 5.11 Å². The quantitative estimate of drug-likeness (QED) is 0.775. The third-order valence-electron chi connectivity index (χ3n) is 5.43. The molecule has 0 aromatic heterocycles. The maximum Gasteiger partial charge on any atom is 0.0574 e. The molecule has 0 saturated heterocycles. The van der Waals surface area contributed by atoms with Crippen LogP contribution in [-0.2, 0) is 0 Å². The van der Waals surface area contributed by atoms with Gasteiger partial charge in [-0.15, -0.1) is 0 Å². The third kappa shape index (κ3) is 1.72. The second kappa shape index (κ2) is 3.48. The zero-order valence-corrected chi connectivity index (χ0v) is 10.9. The van der Waals surface area contributed by atoms with E-state index >= 15 is 0 Å². The molecule has 1 nitrogen and oxygen atoms in total. The molecule has 92 valence electrons. The molecule has 0 aliphatic heterocycles. The van der Waals surface area contributed by atoms with Gasteiger partial charge in [0.2, 0.25) is 0 Å². The van der Waals surface area contributed by atoms with Crippen molar-refractivity contribution >= 4 is 0 Å². The predicted octanol–water partition coefficient (Wildman–Crippen LogP) is 3.47. The van der Waals surface area contributed by atoms with E-state index in [1.807, 2.05) is 0 Å². The first-order chi connectivity index (χ1) is 7.47. The molecule has 0 aromatic carbocycles. The van der Waals surface area contributed by atoms with Gasteiger partial charge in [0.05, 0.1) is 6.10 Å². The minimum atomic E-state index is 0.0117. The molecule has 3 fully saturated rings. The minimum Gasteiger partial charge on any atom is -0.393 e. The third-order valence-corrected chi connectivity index (χ3v) is 5.43. The van der Waals surface area contributed by atoms with Gasteiger partial charge in [0.1, 0.15) is 0 Å². The van der Waals surface area contributed by atoms with Crippen LogP contribution in [0.1, 0.15) is 52.9 Å². The summed E-state index contributed by atoms with van der Waals surface area (Å²) in [5.74, 6) is 4.59. The second-order valence-electron chi connectivity index (χ2n) is 7.73. The summed E-state index contributed by atoms with van der Waals surface area (Å²) in [6.45, 7) is 6.82. The van der Waals surface area contributed by atoms with Gasteiger partial charge in [0.15, 0.2) is 0 Å². The van der Waals surface area contributed by atoms with Crippen molar-refractivity contribution in [2.75, 3.05) is 0 Å². The highest BCUT2D eigenvalue weighted by molar-refractivity contribution is 5.14. The van der Waals surface area contributed by atoms with Crippen LogP contribution in [0.15, 0.2) is 0 Å². The van der Waals surface area contributed by atoms with E-state index in [-0.39, 0.29) is 6.10 Å². The van der Waals surface area contributed by atoms with Crippen molar-refractivity contribution in [3.05, 3.63) is 0 Å². The zero-order chi connectivity index (χ0) is 11.5. The van der Waals surface area contributed by atoms with E-state index in [1.165, 1.54) is 25.7 Å². The molecule has 0 heterocycles. The molecule has 1 N–H and O–H groups in total. The molecule has 5 atom stereocenters. The molecule has 3 rings (SSSR count). The lowest BCUT2D eigenvalue weighted by molar-refractivity contribution is 0.105. The second-order valence-corrected chi connectivity index (χ2v) is 7.73. The molecule has 0 aromatic rings. The molecule has 3 aliphatic rings. The maximum absolute atomic E-state index is 10.3. The fourth-order valence-electron chi connectivity index (χ4n) is 4.68. The van der Waals surface area contributed by atoms with Crippen LogP contribution in [-0.4, -0.2) is 11.2 Å². The van der Waals surface area contributed by atoms with Crippen LogP contribution in [0.2, 0.25) is 0 Å². The Labute approximate surface area is 99.6 Å². The van der Waals surface area contributed by atoms with Gasteiger partial charge in [-0.25, -0.2) is 0 Å². The van der Waals surface area contributed by atoms with Gasteiger partial charge >= 0.3 is 0 Å². The Morgan fingerprint density at radius 1 is 1.12 bits per heavy atom. The molecular weight excluding hydrogens is 196 g/mol. The smallest absolute Gasteiger partial charge is 0.0574 e. The molecule has 5 unspecified atom stereocenters. The molecule has 1 heteroatoms. The summed E-state index contributed by atoms with van der Waals surface area (Å²) in [6, 6.07) is 0. The van der Waals surface area contributed by atoms with E-state index in [0.29, 0.717) is 11.3 Å². The lowest BCUT2D eigenvalue weighted by Crippen LogP contribution is -2.18. The van der Waals surface area contributed by atoms with Crippen molar-refractivity contribution in [2.45, 2.75) is 59.0 Å². The van der Waals surface area contributed by atoms with Gasteiger partial charge in [-0.2, -0.15) is 0 Å². The largest absolute Gasteiger partial charge is 0.393 e. The van der Waals surface area contributed by atoms with Crippen LogP contribution in [0.25, 0.3) is 0 Å². The van der Waals surface area contributed by atoms with E-state index in [0.717, 1.165) is 30.1 Å². The maximum atomic E-state index is 10.3. The van der Waals surface area contributed by atoms with Crippen molar-refractivity contribution in [3.8, 4) is 0 Å². The Kier molecular flexibility index (Phi) is 2.41. The van der Waals surface area contributed by atoms with E-state index in [4.69, 9.17) is 0 Å². The fourth-order valence-corrected chi connectivity index (χ4v) is 4.68. The van der Waals surface area contributed by atoms with Crippen molar-refractivity contribution in [2.24, 2.45) is 35.0 Å². The number of rotatable bonds is 3. The number of aliphatic hydroxyl groups is 1. The lowest BCUT2D eigenvalue weighted by atomic mass is 9.87. The van der Waals surface area contributed by atoms with Crippen LogP contribution >= 0.6 is 0 Å². The molecule has 16 heavy (non-hydrogen) atoms. The zero-order valence-electron chi connectivity index (χ0n) is 10.9. The Hall–Kier alpha value is -0.0400. The number of aliphatic hydroxyl groups excluding tert-OH is 1. The minimum absolute atomic E-state index is 0.0117. The summed E-state index contributed by atoms with van der Waals surface area (Å²) >= 11 is 0. The normalized spacial score (nSPS) is 46.9. The highest BCUT2D eigenvalue weighted by atomic mass is 16.3. The van der Waals surface area contributed by atoms with Crippen LogP contribution in [0.5, 0.6) is 0 Å². The molecular formula is C15H26O. The van der Waals surface area contributed by atoms with Crippen molar-refractivity contribution in [3.63, 3.8) is 0 Å². The molecule has 3 saturated carbocycles. The van der Waals surface area contributed by atoms with Gasteiger partial charge in [-0.05, 0) is 67.1 Å². The number of hydrogen-bond acceptors (Lipinski definition) is 1. The Bertz CT molecular complexity index is 262. The summed E-state index contributed by atoms with van der Waals surface area (Å²) in [5, 5.41) is 10.3. The lowest BCUT2D eigenvalue weighted by Gasteiger charge is -2.21. The number of hydrogen-bond donors (Lipinski definition) is 1. The average molecular weight is 222 g/mol. The first-order valence-electron chi connectivity index (χ1n) is 7.15. The average Bonchev–Trinajstić information content (AvgIpc) is 2.63. The summed E-state index contributed by atoms with van der Waals surface area (Å²) in [6.07, 6.45) is 6.64. The van der Waals surface area contributed by atoms with E-state index in [1.54, 1.807) is 0 Å². The van der Waals surface area contributed by atoms with Crippen molar-refractivity contribution in [1.29, 1.82) is 0 Å². The van der Waals surface area contributed by atoms with Gasteiger partial charge in [-0.1, -0.05) is 20.8 Å². The van der Waals surface area contributed by atoms with Crippen molar-refractivity contribution < 1.29 is 5.11 Å². The molecule has 0 spiro atoms. The summed E-state index contributed by atoms with van der Waals surface area (Å²) in [5.41, 5.74) is 0.379. The SMILES string of the molecule is CC(C)(C)CCC(O)C1C2C3CCC(C3)C12.